The molecule has 2 aromatic rings. The van der Waals surface area contributed by atoms with Crippen LogP contribution in [-0.2, 0) is 0 Å². The molecule has 0 unspecified atom stereocenters. The van der Waals surface area contributed by atoms with Crippen LogP contribution in [0.4, 0.5) is 5.69 Å². The highest BCUT2D eigenvalue weighted by Gasteiger charge is 2.04. The number of benzene rings is 2. The van der Waals surface area contributed by atoms with Gasteiger partial charge in [0, 0.05) is 6.07 Å². The number of nitrogen functional groups attached to an aromatic ring is 1. The number of anilines is 1. The summed E-state index contributed by atoms with van der Waals surface area (Å²) in [5.41, 5.74) is 7.17. The van der Waals surface area contributed by atoms with Gasteiger partial charge in [0.05, 0.1) is 29.0 Å². The van der Waals surface area contributed by atoms with Crippen LogP contribution in [0.15, 0.2) is 42.5 Å². The van der Waals surface area contributed by atoms with Crippen LogP contribution in [0.1, 0.15) is 11.1 Å². The minimum absolute atomic E-state index is 0.407. The van der Waals surface area contributed by atoms with Crippen molar-refractivity contribution in [3.8, 4) is 23.6 Å². The molecule has 2 aromatic carbocycles. The fraction of sp³-hybridized carbons (Fsp3) is 0. The summed E-state index contributed by atoms with van der Waals surface area (Å²) in [5.74, 6) is 0.917. The van der Waals surface area contributed by atoms with E-state index in [-0.39, 0.29) is 0 Å². The van der Waals surface area contributed by atoms with Crippen molar-refractivity contribution in [2.75, 3.05) is 5.73 Å². The van der Waals surface area contributed by atoms with Crippen LogP contribution in [0.5, 0.6) is 11.5 Å². The van der Waals surface area contributed by atoms with Crippen LogP contribution in [0.3, 0.4) is 0 Å². The van der Waals surface area contributed by atoms with Crippen molar-refractivity contribution < 1.29 is 4.74 Å². The second kappa shape index (κ2) is 4.90. The van der Waals surface area contributed by atoms with Crippen molar-refractivity contribution in [2.45, 2.75) is 0 Å². The molecule has 0 aliphatic carbocycles. The zero-order valence-electron chi connectivity index (χ0n) is 9.42. The van der Waals surface area contributed by atoms with Gasteiger partial charge in [-0.1, -0.05) is 6.07 Å². The minimum atomic E-state index is 0.407. The van der Waals surface area contributed by atoms with E-state index in [2.05, 4.69) is 0 Å². The molecule has 4 heteroatoms. The highest BCUT2D eigenvalue weighted by Crippen LogP contribution is 2.28. The van der Waals surface area contributed by atoms with Crippen molar-refractivity contribution in [2.24, 2.45) is 0 Å². The molecule has 0 saturated carbocycles. The van der Waals surface area contributed by atoms with Gasteiger partial charge in [0.2, 0.25) is 0 Å². The summed E-state index contributed by atoms with van der Waals surface area (Å²) >= 11 is 0. The van der Waals surface area contributed by atoms with E-state index in [1.54, 1.807) is 42.5 Å². The van der Waals surface area contributed by atoms with Crippen LogP contribution >= 0.6 is 0 Å². The molecule has 0 amide bonds. The summed E-state index contributed by atoms with van der Waals surface area (Å²) in [5, 5.41) is 17.6. The monoisotopic (exact) mass is 235 g/mol. The zero-order valence-corrected chi connectivity index (χ0v) is 9.42. The summed E-state index contributed by atoms with van der Waals surface area (Å²) in [6, 6.07) is 15.6. The molecule has 0 heterocycles. The molecular formula is C14H9N3O. The zero-order chi connectivity index (χ0) is 13.0. The predicted molar refractivity (Wildman–Crippen MR) is 66.8 cm³/mol. The van der Waals surface area contributed by atoms with E-state index in [0.717, 1.165) is 0 Å². The quantitative estimate of drug-likeness (QED) is 0.811. The van der Waals surface area contributed by atoms with E-state index in [1.165, 1.54) is 0 Å². The predicted octanol–water partition coefficient (Wildman–Crippen LogP) is 2.80. The summed E-state index contributed by atoms with van der Waals surface area (Å²) in [4.78, 5) is 0. The number of ether oxygens (including phenoxy) is 1. The molecule has 86 valence electrons. The molecule has 0 fully saturated rings. The molecular weight excluding hydrogens is 226 g/mol. The average molecular weight is 235 g/mol. The van der Waals surface area contributed by atoms with Gasteiger partial charge in [0.15, 0.2) is 5.75 Å². The molecule has 0 atom stereocenters. The molecule has 0 aromatic heterocycles. The smallest absolute Gasteiger partial charge is 0.151 e. The first-order valence-corrected chi connectivity index (χ1v) is 5.20. The summed E-state index contributed by atoms with van der Waals surface area (Å²) in [6.45, 7) is 0. The van der Waals surface area contributed by atoms with Gasteiger partial charge in [-0.2, -0.15) is 10.5 Å². The molecule has 4 nitrogen and oxygen atoms in total. The first-order valence-electron chi connectivity index (χ1n) is 5.20. The highest BCUT2D eigenvalue weighted by atomic mass is 16.5. The Morgan fingerprint density at radius 3 is 2.39 bits per heavy atom. The van der Waals surface area contributed by atoms with Crippen LogP contribution < -0.4 is 10.5 Å². The Kier molecular flexibility index (Phi) is 3.13. The number of rotatable bonds is 2. The maximum absolute atomic E-state index is 8.81. The molecule has 2 rings (SSSR count). The van der Waals surface area contributed by atoms with Gasteiger partial charge >= 0.3 is 0 Å². The van der Waals surface area contributed by atoms with Gasteiger partial charge in [-0.15, -0.1) is 0 Å². The lowest BCUT2D eigenvalue weighted by Gasteiger charge is -2.08. The summed E-state index contributed by atoms with van der Waals surface area (Å²) in [7, 11) is 0. The van der Waals surface area contributed by atoms with Gasteiger partial charge in [-0.3, -0.25) is 0 Å². The summed E-state index contributed by atoms with van der Waals surface area (Å²) < 4.78 is 5.57. The van der Waals surface area contributed by atoms with Crippen molar-refractivity contribution >= 4 is 5.69 Å². The standard InChI is InChI=1S/C14H9N3O/c15-8-10-2-1-3-12(6-10)18-14-7-11(9-16)4-5-13(14)17/h1-7H,17H2. The van der Waals surface area contributed by atoms with Crippen molar-refractivity contribution in [1.29, 1.82) is 10.5 Å². The molecule has 0 spiro atoms. The van der Waals surface area contributed by atoms with E-state index in [4.69, 9.17) is 21.0 Å². The van der Waals surface area contributed by atoms with Crippen LogP contribution in [0.2, 0.25) is 0 Å². The second-order valence-electron chi connectivity index (χ2n) is 3.61. The lowest BCUT2D eigenvalue weighted by molar-refractivity contribution is 0.485. The Morgan fingerprint density at radius 1 is 0.944 bits per heavy atom. The largest absolute Gasteiger partial charge is 0.455 e. The number of nitrogens with zero attached hydrogens (tertiary/aromatic N) is 2. The Labute approximate surface area is 104 Å². The normalized spacial score (nSPS) is 9.22. The second-order valence-corrected chi connectivity index (χ2v) is 3.61. The Hall–Kier alpha value is -2.98. The molecule has 0 aliphatic heterocycles. The Bertz CT molecular complexity index is 665. The van der Waals surface area contributed by atoms with E-state index >= 15 is 0 Å². The van der Waals surface area contributed by atoms with E-state index < -0.39 is 0 Å². The van der Waals surface area contributed by atoms with Crippen molar-refractivity contribution in [1.82, 2.24) is 0 Å². The van der Waals surface area contributed by atoms with Gasteiger partial charge in [-0.25, -0.2) is 0 Å². The third-order valence-electron chi connectivity index (χ3n) is 2.33. The number of nitriles is 2. The molecule has 0 aliphatic rings. The summed E-state index contributed by atoms with van der Waals surface area (Å²) in [6.07, 6.45) is 0. The third-order valence-corrected chi connectivity index (χ3v) is 2.33. The highest BCUT2D eigenvalue weighted by molar-refractivity contribution is 5.57. The van der Waals surface area contributed by atoms with Crippen molar-refractivity contribution in [3.05, 3.63) is 53.6 Å². The lowest BCUT2D eigenvalue weighted by atomic mass is 10.2. The van der Waals surface area contributed by atoms with E-state index in [9.17, 15) is 0 Å². The minimum Gasteiger partial charge on any atom is -0.455 e. The first kappa shape index (κ1) is 11.5. The fourth-order valence-electron chi connectivity index (χ4n) is 1.45. The number of hydrogen-bond donors (Lipinski definition) is 1. The molecule has 2 N–H and O–H groups in total. The van der Waals surface area contributed by atoms with Crippen LogP contribution in [0.25, 0.3) is 0 Å². The SMILES string of the molecule is N#Cc1cccc(Oc2cc(C#N)ccc2N)c1. The maximum atomic E-state index is 8.81. The van der Waals surface area contributed by atoms with Gasteiger partial charge in [0.25, 0.3) is 0 Å². The van der Waals surface area contributed by atoms with Crippen LogP contribution in [-0.4, -0.2) is 0 Å². The number of hydrogen-bond acceptors (Lipinski definition) is 4. The van der Waals surface area contributed by atoms with E-state index in [1.807, 2.05) is 12.1 Å². The Morgan fingerprint density at radius 2 is 1.67 bits per heavy atom. The van der Waals surface area contributed by atoms with Crippen LogP contribution in [0, 0.1) is 22.7 Å². The average Bonchev–Trinajstić information content (AvgIpc) is 2.41. The maximum Gasteiger partial charge on any atom is 0.151 e. The fourth-order valence-corrected chi connectivity index (χ4v) is 1.45. The molecule has 0 saturated heterocycles. The number of nitrogens with two attached hydrogens (primary N) is 1. The van der Waals surface area contributed by atoms with Gasteiger partial charge in [0.1, 0.15) is 5.75 Å². The van der Waals surface area contributed by atoms with E-state index in [0.29, 0.717) is 28.3 Å². The molecule has 0 bridgehead atoms. The van der Waals surface area contributed by atoms with Gasteiger partial charge in [-0.05, 0) is 30.3 Å². The van der Waals surface area contributed by atoms with Crippen molar-refractivity contribution in [3.63, 3.8) is 0 Å². The molecule has 0 radical (unpaired) electrons. The topological polar surface area (TPSA) is 82.8 Å². The first-order chi connectivity index (χ1) is 8.72. The third kappa shape index (κ3) is 2.40. The molecule has 18 heavy (non-hydrogen) atoms. The van der Waals surface area contributed by atoms with Gasteiger partial charge < -0.3 is 10.5 Å². The lowest BCUT2D eigenvalue weighted by Crippen LogP contribution is -1.93. The Balaban J connectivity index is 2.34.